The zero-order valence-corrected chi connectivity index (χ0v) is 16.6. The smallest absolute Gasteiger partial charge is 0.258 e. The van der Waals surface area contributed by atoms with Crippen molar-refractivity contribution in [2.24, 2.45) is 0 Å². The molecule has 0 unspecified atom stereocenters. The summed E-state index contributed by atoms with van der Waals surface area (Å²) in [5, 5.41) is 4.79. The Morgan fingerprint density at radius 2 is 1.86 bits per heavy atom. The standard InChI is InChI=1S/C23H25N3O2/c1-13-6-4-5-7-19(13)16-11-18(12-16)26(17-8-9-17)23(27)20-10-14(2)24-22-21(20)15(3)25-28-22/h4-7,10,16-18H,8-9,11-12H2,1-3H3. The molecule has 2 saturated carbocycles. The van der Waals surface area contributed by atoms with Crippen LogP contribution in [0.5, 0.6) is 0 Å². The van der Waals surface area contributed by atoms with Gasteiger partial charge in [-0.1, -0.05) is 29.4 Å². The molecule has 1 aromatic carbocycles. The van der Waals surface area contributed by atoms with Crippen LogP contribution >= 0.6 is 0 Å². The fraction of sp³-hybridized carbons (Fsp3) is 0.435. The van der Waals surface area contributed by atoms with Gasteiger partial charge in [-0.05, 0) is 69.6 Å². The van der Waals surface area contributed by atoms with Crippen molar-refractivity contribution in [3.8, 4) is 0 Å². The first kappa shape index (κ1) is 17.4. The quantitative estimate of drug-likeness (QED) is 0.663. The van der Waals surface area contributed by atoms with Crippen molar-refractivity contribution < 1.29 is 9.32 Å². The predicted molar refractivity (Wildman–Crippen MR) is 107 cm³/mol. The van der Waals surface area contributed by atoms with Gasteiger partial charge in [0.15, 0.2) is 0 Å². The maximum atomic E-state index is 13.6. The van der Waals surface area contributed by atoms with E-state index in [2.05, 4.69) is 46.2 Å². The van der Waals surface area contributed by atoms with Crippen molar-refractivity contribution in [1.82, 2.24) is 15.0 Å². The zero-order valence-electron chi connectivity index (χ0n) is 16.6. The molecule has 0 saturated heterocycles. The molecule has 0 N–H and O–H groups in total. The molecular weight excluding hydrogens is 350 g/mol. The van der Waals surface area contributed by atoms with Gasteiger partial charge in [-0.2, -0.15) is 0 Å². The van der Waals surface area contributed by atoms with Crippen LogP contribution in [-0.2, 0) is 0 Å². The van der Waals surface area contributed by atoms with E-state index in [1.807, 2.05) is 19.9 Å². The topological polar surface area (TPSA) is 59.2 Å². The first-order valence-electron chi connectivity index (χ1n) is 10.1. The van der Waals surface area contributed by atoms with Gasteiger partial charge < -0.3 is 9.42 Å². The number of hydrogen-bond donors (Lipinski definition) is 0. The molecule has 2 aliphatic rings. The Kier molecular flexibility index (Phi) is 4.00. The fourth-order valence-electron chi connectivity index (χ4n) is 4.62. The lowest BCUT2D eigenvalue weighted by molar-refractivity contribution is 0.0518. The summed E-state index contributed by atoms with van der Waals surface area (Å²) in [6.45, 7) is 5.95. The van der Waals surface area contributed by atoms with Crippen molar-refractivity contribution in [2.75, 3.05) is 0 Å². The molecule has 0 radical (unpaired) electrons. The summed E-state index contributed by atoms with van der Waals surface area (Å²) in [6.07, 6.45) is 4.30. The maximum absolute atomic E-state index is 13.6. The second kappa shape index (κ2) is 6.43. The number of fused-ring (bicyclic) bond motifs is 1. The molecule has 2 aromatic heterocycles. The van der Waals surface area contributed by atoms with Crippen LogP contribution < -0.4 is 0 Å². The summed E-state index contributed by atoms with van der Waals surface area (Å²) in [4.78, 5) is 20.2. The average Bonchev–Trinajstić information content (AvgIpc) is 3.41. The highest BCUT2D eigenvalue weighted by atomic mass is 16.5. The zero-order chi connectivity index (χ0) is 19.4. The van der Waals surface area contributed by atoms with E-state index < -0.39 is 0 Å². The van der Waals surface area contributed by atoms with Gasteiger partial charge in [0.05, 0.1) is 16.6 Å². The van der Waals surface area contributed by atoms with Crippen LogP contribution in [0.15, 0.2) is 34.9 Å². The van der Waals surface area contributed by atoms with E-state index in [9.17, 15) is 4.79 Å². The number of carbonyl (C=O) groups is 1. The minimum Gasteiger partial charge on any atom is -0.336 e. The van der Waals surface area contributed by atoms with Gasteiger partial charge in [0, 0.05) is 17.8 Å². The van der Waals surface area contributed by atoms with Crippen molar-refractivity contribution in [3.63, 3.8) is 0 Å². The molecule has 2 fully saturated rings. The monoisotopic (exact) mass is 375 g/mol. The van der Waals surface area contributed by atoms with Gasteiger partial charge in [-0.3, -0.25) is 4.79 Å². The summed E-state index contributed by atoms with van der Waals surface area (Å²) >= 11 is 0. The fourth-order valence-corrected chi connectivity index (χ4v) is 4.62. The lowest BCUT2D eigenvalue weighted by atomic mass is 9.73. The third-order valence-corrected chi connectivity index (χ3v) is 6.29. The molecule has 3 aromatic rings. The van der Waals surface area contributed by atoms with Crippen LogP contribution in [0.3, 0.4) is 0 Å². The van der Waals surface area contributed by atoms with E-state index in [0.717, 1.165) is 42.5 Å². The second-order valence-corrected chi connectivity index (χ2v) is 8.38. The molecule has 5 heteroatoms. The van der Waals surface area contributed by atoms with E-state index in [-0.39, 0.29) is 5.91 Å². The molecule has 0 atom stereocenters. The molecular formula is C23H25N3O2. The molecule has 5 nitrogen and oxygen atoms in total. The molecule has 28 heavy (non-hydrogen) atoms. The van der Waals surface area contributed by atoms with E-state index in [0.29, 0.717) is 29.3 Å². The van der Waals surface area contributed by atoms with E-state index in [1.54, 1.807) is 0 Å². The summed E-state index contributed by atoms with van der Waals surface area (Å²) in [7, 11) is 0. The lowest BCUT2D eigenvalue weighted by Crippen LogP contribution is -2.48. The van der Waals surface area contributed by atoms with Crippen LogP contribution in [-0.4, -0.2) is 33.0 Å². The average molecular weight is 375 g/mol. The molecule has 0 aliphatic heterocycles. The number of pyridine rings is 1. The van der Waals surface area contributed by atoms with Gasteiger partial charge >= 0.3 is 0 Å². The molecule has 144 valence electrons. The van der Waals surface area contributed by atoms with Crippen LogP contribution in [0.1, 0.15) is 64.5 Å². The Morgan fingerprint density at radius 1 is 1.11 bits per heavy atom. The maximum Gasteiger partial charge on any atom is 0.258 e. The van der Waals surface area contributed by atoms with Crippen LogP contribution in [0.25, 0.3) is 11.1 Å². The predicted octanol–water partition coefficient (Wildman–Crippen LogP) is 4.70. The highest BCUT2D eigenvalue weighted by Crippen LogP contribution is 2.45. The van der Waals surface area contributed by atoms with Gasteiger partial charge in [0.25, 0.3) is 11.6 Å². The van der Waals surface area contributed by atoms with Gasteiger partial charge in [0.1, 0.15) is 0 Å². The van der Waals surface area contributed by atoms with Crippen molar-refractivity contribution in [3.05, 3.63) is 58.4 Å². The summed E-state index contributed by atoms with van der Waals surface area (Å²) in [5.74, 6) is 0.661. The second-order valence-electron chi connectivity index (χ2n) is 8.38. The number of benzene rings is 1. The first-order chi connectivity index (χ1) is 13.5. The SMILES string of the molecule is Cc1cc(C(=O)N(C2CC2)C2CC(c3ccccc3C)C2)c2c(C)noc2n1. The summed E-state index contributed by atoms with van der Waals surface area (Å²) < 4.78 is 5.33. The van der Waals surface area contributed by atoms with Crippen molar-refractivity contribution in [2.45, 2.75) is 64.5 Å². The largest absolute Gasteiger partial charge is 0.336 e. The Balaban J connectivity index is 1.44. The Hall–Kier alpha value is -2.69. The van der Waals surface area contributed by atoms with Crippen LogP contribution in [0.2, 0.25) is 0 Å². The van der Waals surface area contributed by atoms with Gasteiger partial charge in [0.2, 0.25) is 0 Å². The molecule has 5 rings (SSSR count). The minimum absolute atomic E-state index is 0.109. The lowest BCUT2D eigenvalue weighted by Gasteiger charge is -2.44. The number of rotatable bonds is 4. The highest BCUT2D eigenvalue weighted by molar-refractivity contribution is 6.06. The van der Waals surface area contributed by atoms with Gasteiger partial charge in [-0.15, -0.1) is 0 Å². The third-order valence-electron chi connectivity index (χ3n) is 6.29. The van der Waals surface area contributed by atoms with E-state index in [4.69, 9.17) is 4.52 Å². The molecule has 2 aliphatic carbocycles. The number of nitrogens with zero attached hydrogens (tertiary/aromatic N) is 3. The van der Waals surface area contributed by atoms with Crippen molar-refractivity contribution >= 4 is 17.0 Å². The number of aromatic nitrogens is 2. The molecule has 2 heterocycles. The minimum atomic E-state index is 0.109. The van der Waals surface area contributed by atoms with Crippen molar-refractivity contribution in [1.29, 1.82) is 0 Å². The summed E-state index contributed by atoms with van der Waals surface area (Å²) in [6, 6.07) is 11.2. The highest BCUT2D eigenvalue weighted by Gasteiger charge is 2.44. The Bertz CT molecular complexity index is 1060. The first-order valence-corrected chi connectivity index (χ1v) is 10.1. The van der Waals surface area contributed by atoms with Crippen LogP contribution in [0, 0.1) is 20.8 Å². The van der Waals surface area contributed by atoms with Gasteiger partial charge in [-0.25, -0.2) is 4.98 Å². The number of carbonyl (C=O) groups excluding carboxylic acids is 1. The Labute approximate surface area is 164 Å². The number of hydrogen-bond acceptors (Lipinski definition) is 4. The van der Waals surface area contributed by atoms with E-state index >= 15 is 0 Å². The normalized spacial score (nSPS) is 21.5. The molecule has 1 amide bonds. The molecule has 0 bridgehead atoms. The summed E-state index contributed by atoms with van der Waals surface area (Å²) in [5.41, 5.74) is 5.44. The van der Waals surface area contributed by atoms with Crippen LogP contribution in [0.4, 0.5) is 0 Å². The molecule has 0 spiro atoms. The Morgan fingerprint density at radius 3 is 2.57 bits per heavy atom. The number of aryl methyl sites for hydroxylation is 3. The number of amides is 1. The third kappa shape index (κ3) is 2.81. The van der Waals surface area contributed by atoms with E-state index in [1.165, 1.54) is 11.1 Å².